The molecule has 15 heavy (non-hydrogen) atoms. The predicted octanol–water partition coefficient (Wildman–Crippen LogP) is -1.46. The highest BCUT2D eigenvalue weighted by atomic mass is 32.2. The van der Waals surface area contributed by atoms with Gasteiger partial charge in [0.15, 0.2) is 5.60 Å². The predicted molar refractivity (Wildman–Crippen MR) is 55.2 cm³/mol. The number of carbonyl (C=O) groups excluding carboxylic acids is 1. The van der Waals surface area contributed by atoms with Crippen molar-refractivity contribution in [2.45, 2.75) is 12.5 Å². The average molecular weight is 239 g/mol. The zero-order valence-electron chi connectivity index (χ0n) is 9.11. The molecule has 90 valence electrons. The monoisotopic (exact) mass is 239 g/mol. The van der Waals surface area contributed by atoms with Gasteiger partial charge in [-0.1, -0.05) is 0 Å². The van der Waals surface area contributed by atoms with Gasteiger partial charge in [-0.2, -0.15) is 0 Å². The number of rotatable bonds is 6. The van der Waals surface area contributed by atoms with E-state index in [0.717, 1.165) is 6.26 Å². The molecule has 0 bridgehead atoms. The van der Waals surface area contributed by atoms with Crippen LogP contribution in [0.4, 0.5) is 0 Å². The molecule has 0 aliphatic carbocycles. The Morgan fingerprint density at radius 3 is 2.47 bits per heavy atom. The van der Waals surface area contributed by atoms with E-state index < -0.39 is 21.4 Å². The third-order valence-corrected chi connectivity index (χ3v) is 2.69. The van der Waals surface area contributed by atoms with E-state index in [9.17, 15) is 18.3 Å². The van der Waals surface area contributed by atoms with Gasteiger partial charge in [0.25, 0.3) is 0 Å². The molecule has 7 heteroatoms. The summed E-state index contributed by atoms with van der Waals surface area (Å²) in [5.41, 5.74) is -1.63. The molecule has 6 nitrogen and oxygen atoms in total. The molecule has 0 aromatic rings. The zero-order valence-corrected chi connectivity index (χ0v) is 9.93. The molecule has 0 saturated carbocycles. The number of hydrogen-bond acceptors (Lipinski definition) is 6. The molecule has 0 fully saturated rings. The summed E-state index contributed by atoms with van der Waals surface area (Å²) >= 11 is 0. The lowest BCUT2D eigenvalue weighted by molar-refractivity contribution is -0.159. The van der Waals surface area contributed by atoms with Crippen LogP contribution in [0.3, 0.4) is 0 Å². The van der Waals surface area contributed by atoms with Gasteiger partial charge < -0.3 is 15.2 Å². The molecule has 0 saturated heterocycles. The van der Waals surface area contributed by atoms with Crippen molar-refractivity contribution < 1.29 is 23.1 Å². The van der Waals surface area contributed by atoms with Crippen LogP contribution in [-0.4, -0.2) is 57.3 Å². The maximum absolute atomic E-state index is 11.0. The molecule has 0 radical (unpaired) electrons. The SMILES string of the molecule is COC(=O)C(C)(O)CNCCS(C)(=O)=O. The van der Waals surface area contributed by atoms with Gasteiger partial charge in [-0.25, -0.2) is 13.2 Å². The van der Waals surface area contributed by atoms with E-state index in [0.29, 0.717) is 0 Å². The van der Waals surface area contributed by atoms with Crippen LogP contribution in [0.15, 0.2) is 0 Å². The quantitative estimate of drug-likeness (QED) is 0.435. The normalized spacial score (nSPS) is 15.7. The van der Waals surface area contributed by atoms with Gasteiger partial charge in [0.2, 0.25) is 0 Å². The summed E-state index contributed by atoms with van der Waals surface area (Å²) < 4.78 is 25.9. The lowest BCUT2D eigenvalue weighted by Crippen LogP contribution is -2.46. The molecule has 1 atom stereocenters. The van der Waals surface area contributed by atoms with Crippen LogP contribution in [0.25, 0.3) is 0 Å². The molecule has 0 amide bonds. The molecule has 1 unspecified atom stereocenters. The molecule has 0 heterocycles. The molecular formula is C8H17NO5S. The van der Waals surface area contributed by atoms with Crippen molar-refractivity contribution in [1.29, 1.82) is 0 Å². The molecule has 0 aliphatic rings. The number of ether oxygens (including phenoxy) is 1. The summed E-state index contributed by atoms with van der Waals surface area (Å²) in [4.78, 5) is 11.0. The first-order valence-corrected chi connectivity index (χ1v) is 6.44. The maximum atomic E-state index is 11.0. The fourth-order valence-electron chi connectivity index (χ4n) is 0.881. The minimum atomic E-state index is -3.03. The molecule has 0 rings (SSSR count). The first kappa shape index (κ1) is 14.3. The second-order valence-corrected chi connectivity index (χ2v) is 5.83. The number of sulfone groups is 1. The third-order valence-electron chi connectivity index (χ3n) is 1.74. The number of aliphatic hydroxyl groups is 1. The molecular weight excluding hydrogens is 222 g/mol. The Morgan fingerprint density at radius 2 is 2.07 bits per heavy atom. The van der Waals surface area contributed by atoms with Crippen molar-refractivity contribution in [2.24, 2.45) is 0 Å². The van der Waals surface area contributed by atoms with E-state index in [1.165, 1.54) is 14.0 Å². The van der Waals surface area contributed by atoms with E-state index in [1.807, 2.05) is 0 Å². The molecule has 0 aliphatic heterocycles. The standard InChI is InChI=1S/C8H17NO5S/c1-8(11,7(10)14-2)6-9-4-5-15(3,12)13/h9,11H,4-6H2,1-3H3. The van der Waals surface area contributed by atoms with Crippen molar-refractivity contribution in [3.8, 4) is 0 Å². The van der Waals surface area contributed by atoms with Crippen LogP contribution in [-0.2, 0) is 19.4 Å². The van der Waals surface area contributed by atoms with E-state index in [2.05, 4.69) is 10.1 Å². The van der Waals surface area contributed by atoms with Gasteiger partial charge in [0, 0.05) is 19.3 Å². The van der Waals surface area contributed by atoms with Crippen LogP contribution < -0.4 is 5.32 Å². The fraction of sp³-hybridized carbons (Fsp3) is 0.875. The first-order chi connectivity index (χ1) is 6.69. The molecule has 0 aromatic heterocycles. The Labute approximate surface area is 89.5 Å². The van der Waals surface area contributed by atoms with Crippen molar-refractivity contribution in [3.05, 3.63) is 0 Å². The summed E-state index contributed by atoms with van der Waals surface area (Å²) in [7, 11) is -1.85. The lowest BCUT2D eigenvalue weighted by atomic mass is 10.1. The number of nitrogens with one attached hydrogen (secondary N) is 1. The summed E-state index contributed by atoms with van der Waals surface area (Å²) in [5.74, 6) is -0.793. The van der Waals surface area contributed by atoms with Gasteiger partial charge in [-0.3, -0.25) is 0 Å². The minimum absolute atomic E-state index is 0.0374. The third kappa shape index (κ3) is 6.43. The molecule has 2 N–H and O–H groups in total. The van der Waals surface area contributed by atoms with Gasteiger partial charge in [-0.05, 0) is 6.92 Å². The smallest absolute Gasteiger partial charge is 0.338 e. The van der Waals surface area contributed by atoms with Crippen molar-refractivity contribution >= 4 is 15.8 Å². The van der Waals surface area contributed by atoms with Gasteiger partial charge >= 0.3 is 5.97 Å². The average Bonchev–Trinajstić information content (AvgIpc) is 2.09. The Morgan fingerprint density at radius 1 is 1.53 bits per heavy atom. The Hall–Kier alpha value is -0.660. The van der Waals surface area contributed by atoms with Crippen LogP contribution >= 0.6 is 0 Å². The summed E-state index contributed by atoms with van der Waals surface area (Å²) in [6.07, 6.45) is 1.12. The number of hydrogen-bond donors (Lipinski definition) is 2. The summed E-state index contributed by atoms with van der Waals surface area (Å²) in [6, 6.07) is 0. The van der Waals surface area contributed by atoms with Crippen molar-refractivity contribution in [3.63, 3.8) is 0 Å². The number of carbonyl (C=O) groups is 1. The lowest BCUT2D eigenvalue weighted by Gasteiger charge is -2.20. The highest BCUT2D eigenvalue weighted by Crippen LogP contribution is 2.03. The second-order valence-electron chi connectivity index (χ2n) is 3.57. The van der Waals surface area contributed by atoms with Crippen LogP contribution in [0, 0.1) is 0 Å². The summed E-state index contributed by atoms with van der Waals surface area (Å²) in [6.45, 7) is 1.44. The number of esters is 1. The summed E-state index contributed by atoms with van der Waals surface area (Å²) in [5, 5.41) is 12.2. The van der Waals surface area contributed by atoms with E-state index in [1.54, 1.807) is 0 Å². The van der Waals surface area contributed by atoms with Gasteiger partial charge in [0.1, 0.15) is 9.84 Å². The Balaban J connectivity index is 3.91. The van der Waals surface area contributed by atoms with Crippen LogP contribution in [0.1, 0.15) is 6.92 Å². The Kier molecular flexibility index (Phi) is 5.19. The van der Waals surface area contributed by atoms with Crippen molar-refractivity contribution in [2.75, 3.05) is 32.2 Å². The Bertz CT molecular complexity index is 309. The van der Waals surface area contributed by atoms with Crippen LogP contribution in [0.2, 0.25) is 0 Å². The van der Waals surface area contributed by atoms with Gasteiger partial charge in [0.05, 0.1) is 12.9 Å². The minimum Gasteiger partial charge on any atom is -0.467 e. The maximum Gasteiger partial charge on any atom is 0.338 e. The zero-order chi connectivity index (χ0) is 12.1. The van der Waals surface area contributed by atoms with Crippen molar-refractivity contribution in [1.82, 2.24) is 5.32 Å². The molecule has 0 spiro atoms. The van der Waals surface area contributed by atoms with E-state index >= 15 is 0 Å². The topological polar surface area (TPSA) is 92.7 Å². The van der Waals surface area contributed by atoms with Crippen LogP contribution in [0.5, 0.6) is 0 Å². The largest absolute Gasteiger partial charge is 0.467 e. The number of methoxy groups -OCH3 is 1. The second kappa shape index (κ2) is 5.43. The highest BCUT2D eigenvalue weighted by molar-refractivity contribution is 7.90. The first-order valence-electron chi connectivity index (χ1n) is 4.38. The van der Waals surface area contributed by atoms with E-state index in [4.69, 9.17) is 0 Å². The molecule has 0 aromatic carbocycles. The highest BCUT2D eigenvalue weighted by Gasteiger charge is 2.30. The fourth-order valence-corrected chi connectivity index (χ4v) is 1.40. The van der Waals surface area contributed by atoms with E-state index in [-0.39, 0.29) is 18.8 Å². The van der Waals surface area contributed by atoms with Gasteiger partial charge in [-0.15, -0.1) is 0 Å².